The zero-order valence-corrected chi connectivity index (χ0v) is 34.0. The number of nitrogens with zero attached hydrogens (tertiary/aromatic N) is 2. The molecule has 0 aliphatic carbocycles. The summed E-state index contributed by atoms with van der Waals surface area (Å²) in [7, 11) is 0. The Hall–Kier alpha value is -8.20. The second-order valence-corrected chi connectivity index (χ2v) is 16.1. The molecule has 0 spiro atoms. The number of para-hydroxylation sites is 3. The molecular weight excluding hydrogens is 749 g/mol. The van der Waals surface area contributed by atoms with Crippen molar-refractivity contribution in [2.75, 3.05) is 4.90 Å². The lowest BCUT2D eigenvalue weighted by molar-refractivity contribution is 1.18. The highest BCUT2D eigenvalue weighted by atomic mass is 15.1. The molecule has 290 valence electrons. The first-order valence-electron chi connectivity index (χ1n) is 21.3. The molecule has 62 heavy (non-hydrogen) atoms. The first-order chi connectivity index (χ1) is 30.8. The van der Waals surface area contributed by atoms with Crippen molar-refractivity contribution in [3.63, 3.8) is 0 Å². The summed E-state index contributed by atoms with van der Waals surface area (Å²) in [5, 5.41) is 10.0. The summed E-state index contributed by atoms with van der Waals surface area (Å²) in [5.74, 6) is 0. The molecule has 0 aliphatic heterocycles. The number of aromatic nitrogens is 1. The van der Waals surface area contributed by atoms with Crippen LogP contribution < -0.4 is 4.90 Å². The quantitative estimate of drug-likeness (QED) is 0.146. The molecule has 0 bridgehead atoms. The zero-order valence-electron chi connectivity index (χ0n) is 34.0. The Labute approximate surface area is 360 Å². The normalized spacial score (nSPS) is 11.5. The van der Waals surface area contributed by atoms with Crippen LogP contribution in [0.2, 0.25) is 0 Å². The maximum Gasteiger partial charge on any atom is 0.0541 e. The van der Waals surface area contributed by atoms with Gasteiger partial charge in [0, 0.05) is 33.1 Å². The Bertz CT molecular complexity index is 3570. The van der Waals surface area contributed by atoms with E-state index < -0.39 is 0 Å². The predicted octanol–water partition coefficient (Wildman–Crippen LogP) is 16.7. The molecule has 11 aromatic carbocycles. The molecule has 0 unspecified atom stereocenters. The van der Waals surface area contributed by atoms with Crippen molar-refractivity contribution in [2.24, 2.45) is 0 Å². The Morgan fingerprint density at radius 1 is 0.274 bits per heavy atom. The summed E-state index contributed by atoms with van der Waals surface area (Å²) in [6.45, 7) is 0. The van der Waals surface area contributed by atoms with Crippen LogP contribution >= 0.6 is 0 Å². The van der Waals surface area contributed by atoms with Crippen molar-refractivity contribution in [3.8, 4) is 39.1 Å². The van der Waals surface area contributed by atoms with Crippen LogP contribution in [0.1, 0.15) is 0 Å². The number of hydrogen-bond donors (Lipinski definition) is 0. The molecule has 2 nitrogen and oxygen atoms in total. The third kappa shape index (κ3) is 5.96. The van der Waals surface area contributed by atoms with E-state index in [9.17, 15) is 0 Å². The van der Waals surface area contributed by atoms with E-state index in [0.29, 0.717) is 0 Å². The predicted molar refractivity (Wildman–Crippen MR) is 264 cm³/mol. The average molecular weight is 789 g/mol. The van der Waals surface area contributed by atoms with Gasteiger partial charge in [-0.2, -0.15) is 0 Å². The SMILES string of the molecule is c1ccc(-c2ccccc2-n2c3ccccc3c3ccccc32)c(-c2ccc(N(c3ccc(-c4ccc5c(ccc6ccccc65)c4)cc3)c3cccc4ccccc34)cc2)c1. The molecule has 12 aromatic rings. The number of anilines is 3. The van der Waals surface area contributed by atoms with E-state index in [1.54, 1.807) is 0 Å². The largest absolute Gasteiger partial charge is 0.310 e. The van der Waals surface area contributed by atoms with Crippen LogP contribution in [0, 0.1) is 0 Å². The summed E-state index contributed by atoms with van der Waals surface area (Å²) in [4.78, 5) is 2.39. The molecule has 0 fully saturated rings. The monoisotopic (exact) mass is 788 g/mol. The minimum absolute atomic E-state index is 1.10. The van der Waals surface area contributed by atoms with E-state index in [2.05, 4.69) is 252 Å². The van der Waals surface area contributed by atoms with E-state index in [1.807, 2.05) is 0 Å². The highest BCUT2D eigenvalue weighted by Crippen LogP contribution is 2.43. The van der Waals surface area contributed by atoms with Gasteiger partial charge in [-0.05, 0) is 109 Å². The van der Waals surface area contributed by atoms with Crippen LogP contribution in [0.25, 0.3) is 93.2 Å². The maximum atomic E-state index is 2.43. The molecule has 0 saturated carbocycles. The molecule has 12 rings (SSSR count). The van der Waals surface area contributed by atoms with Crippen LogP contribution in [0.5, 0.6) is 0 Å². The molecule has 0 saturated heterocycles. The van der Waals surface area contributed by atoms with E-state index in [1.165, 1.54) is 87.5 Å². The first kappa shape index (κ1) is 35.7. The van der Waals surface area contributed by atoms with Crippen molar-refractivity contribution in [2.45, 2.75) is 0 Å². The van der Waals surface area contributed by atoms with Gasteiger partial charge in [-0.25, -0.2) is 0 Å². The zero-order chi connectivity index (χ0) is 41.0. The Balaban J connectivity index is 0.946. The van der Waals surface area contributed by atoms with Crippen LogP contribution in [0.3, 0.4) is 0 Å². The van der Waals surface area contributed by atoms with Gasteiger partial charge in [0.1, 0.15) is 0 Å². The smallest absolute Gasteiger partial charge is 0.0541 e. The molecule has 0 atom stereocenters. The Kier molecular flexibility index (Phi) is 8.53. The van der Waals surface area contributed by atoms with Crippen LogP contribution in [0.4, 0.5) is 17.1 Å². The van der Waals surface area contributed by atoms with Crippen molar-refractivity contribution in [3.05, 3.63) is 243 Å². The van der Waals surface area contributed by atoms with Gasteiger partial charge in [0.25, 0.3) is 0 Å². The molecule has 2 heteroatoms. The van der Waals surface area contributed by atoms with E-state index >= 15 is 0 Å². The van der Waals surface area contributed by atoms with Crippen LogP contribution in [-0.2, 0) is 0 Å². The van der Waals surface area contributed by atoms with Gasteiger partial charge in [-0.3, -0.25) is 0 Å². The molecular formula is C60H40N2. The molecule has 1 heterocycles. The Morgan fingerprint density at radius 2 is 0.758 bits per heavy atom. The lowest BCUT2D eigenvalue weighted by atomic mass is 9.93. The van der Waals surface area contributed by atoms with Crippen LogP contribution in [0.15, 0.2) is 243 Å². The van der Waals surface area contributed by atoms with E-state index in [4.69, 9.17) is 0 Å². The van der Waals surface area contributed by atoms with Crippen molar-refractivity contribution >= 4 is 71.2 Å². The van der Waals surface area contributed by atoms with E-state index in [0.717, 1.165) is 22.7 Å². The number of rotatable bonds is 7. The second kappa shape index (κ2) is 14.8. The van der Waals surface area contributed by atoms with Gasteiger partial charge < -0.3 is 9.47 Å². The summed E-state index contributed by atoms with van der Waals surface area (Å²) in [5.41, 5.74) is 14.1. The van der Waals surface area contributed by atoms with E-state index in [-0.39, 0.29) is 0 Å². The third-order valence-electron chi connectivity index (χ3n) is 12.6. The molecule has 0 N–H and O–H groups in total. The Morgan fingerprint density at radius 3 is 1.47 bits per heavy atom. The fraction of sp³-hybridized carbons (Fsp3) is 0. The first-order valence-corrected chi connectivity index (χ1v) is 21.3. The van der Waals surface area contributed by atoms with Gasteiger partial charge in [0.2, 0.25) is 0 Å². The molecule has 1 aromatic heterocycles. The summed E-state index contributed by atoms with van der Waals surface area (Å²) in [6.07, 6.45) is 0. The standard InChI is InChI=1S/C60H40N2/c1-3-17-49-43(15-1)28-29-46-40-45(34-39-51(46)49)41-30-35-47(36-31-41)61(57-27-13-16-42-14-2-4-19-52(42)57)48-37-32-44(33-38-48)50-18-5-6-20-53(50)54-21-7-10-24-58(54)62-59-25-11-8-22-55(59)56-23-9-12-26-60(56)62/h1-40H. The number of fused-ring (bicyclic) bond motifs is 7. The third-order valence-corrected chi connectivity index (χ3v) is 12.6. The van der Waals surface area contributed by atoms with Gasteiger partial charge in [0.15, 0.2) is 0 Å². The lowest BCUT2D eigenvalue weighted by Crippen LogP contribution is -2.10. The fourth-order valence-corrected chi connectivity index (χ4v) is 9.66. The minimum atomic E-state index is 1.10. The summed E-state index contributed by atoms with van der Waals surface area (Å²) >= 11 is 0. The minimum Gasteiger partial charge on any atom is -0.310 e. The van der Waals surface area contributed by atoms with Crippen LogP contribution in [-0.4, -0.2) is 4.57 Å². The number of hydrogen-bond acceptors (Lipinski definition) is 1. The van der Waals surface area contributed by atoms with Gasteiger partial charge in [-0.15, -0.1) is 0 Å². The fourth-order valence-electron chi connectivity index (χ4n) is 9.66. The average Bonchev–Trinajstić information content (AvgIpc) is 3.68. The highest BCUT2D eigenvalue weighted by Gasteiger charge is 2.19. The van der Waals surface area contributed by atoms with Gasteiger partial charge in [0.05, 0.1) is 22.4 Å². The molecule has 0 amide bonds. The van der Waals surface area contributed by atoms with Gasteiger partial charge >= 0.3 is 0 Å². The lowest BCUT2D eigenvalue weighted by Gasteiger charge is -2.27. The van der Waals surface area contributed by atoms with Gasteiger partial charge in [-0.1, -0.05) is 188 Å². The van der Waals surface area contributed by atoms with Crippen molar-refractivity contribution in [1.82, 2.24) is 4.57 Å². The van der Waals surface area contributed by atoms with Crippen molar-refractivity contribution < 1.29 is 0 Å². The summed E-state index contributed by atoms with van der Waals surface area (Å²) in [6, 6.07) is 88.4. The molecule has 0 aliphatic rings. The number of benzene rings is 11. The molecule has 0 radical (unpaired) electrons. The summed E-state index contributed by atoms with van der Waals surface area (Å²) < 4.78 is 2.43. The second-order valence-electron chi connectivity index (χ2n) is 16.1. The maximum absolute atomic E-state index is 2.43. The van der Waals surface area contributed by atoms with Crippen molar-refractivity contribution in [1.29, 1.82) is 0 Å². The topological polar surface area (TPSA) is 8.17 Å². The highest BCUT2D eigenvalue weighted by molar-refractivity contribution is 6.10.